The number of nitrogens with one attached hydrogen (secondary N) is 1. The Morgan fingerprint density at radius 3 is 2.77 bits per heavy atom. The molecule has 3 nitrogen and oxygen atoms in total. The van der Waals surface area contributed by atoms with Gasteiger partial charge in [-0.2, -0.15) is 0 Å². The maximum absolute atomic E-state index is 3.72. The van der Waals surface area contributed by atoms with E-state index in [1.807, 2.05) is 30.3 Å². The Labute approximate surface area is 78.2 Å². The van der Waals surface area contributed by atoms with E-state index in [2.05, 4.69) is 29.3 Å². The summed E-state index contributed by atoms with van der Waals surface area (Å²) >= 11 is 0. The highest BCUT2D eigenvalue weighted by atomic mass is 15.8. The average Bonchev–Trinajstić information content (AvgIpc) is 2.46. The fourth-order valence-corrected chi connectivity index (χ4v) is 1.53. The third kappa shape index (κ3) is 1.27. The van der Waals surface area contributed by atoms with Gasteiger partial charge in [-0.15, -0.1) is 12.1 Å². The number of hydrogen-bond donors (Lipinski definition) is 1. The van der Waals surface area contributed by atoms with Crippen molar-refractivity contribution in [1.29, 1.82) is 0 Å². The minimum Gasteiger partial charge on any atom is -0.292 e. The minimum absolute atomic E-state index is 0.807. The lowest BCUT2D eigenvalue weighted by atomic mass is 10.2. The summed E-state index contributed by atoms with van der Waals surface area (Å²) in [5.74, 6) is 0. The van der Waals surface area contributed by atoms with Gasteiger partial charge in [0.1, 0.15) is 0 Å². The first kappa shape index (κ1) is 8.13. The van der Waals surface area contributed by atoms with E-state index in [9.17, 15) is 0 Å². The van der Waals surface area contributed by atoms with Crippen molar-refractivity contribution in [2.45, 2.75) is 0 Å². The van der Waals surface area contributed by atoms with E-state index in [1.54, 1.807) is 0 Å². The molecule has 0 saturated heterocycles. The molecule has 2 rings (SSSR count). The van der Waals surface area contributed by atoms with Crippen LogP contribution in [0.4, 0.5) is 11.4 Å². The summed E-state index contributed by atoms with van der Waals surface area (Å²) in [6, 6.07) is 8.25. The highest BCUT2D eigenvalue weighted by Crippen LogP contribution is 2.31. The van der Waals surface area contributed by atoms with Crippen LogP contribution in [0.25, 0.3) is 0 Å². The zero-order valence-electron chi connectivity index (χ0n) is 7.70. The van der Waals surface area contributed by atoms with Gasteiger partial charge in [-0.25, -0.2) is 0 Å². The van der Waals surface area contributed by atoms with Gasteiger partial charge in [-0.05, 0) is 12.1 Å². The molecule has 13 heavy (non-hydrogen) atoms. The Kier molecular flexibility index (Phi) is 1.94. The second kappa shape index (κ2) is 3.11. The average molecular weight is 175 g/mol. The number of benzene rings is 1. The van der Waals surface area contributed by atoms with Crippen molar-refractivity contribution >= 4 is 11.4 Å². The summed E-state index contributed by atoms with van der Waals surface area (Å²) < 4.78 is 0. The molecular formula is C10H13N3. The maximum Gasteiger partial charge on any atom is 0.0789 e. The first-order valence-corrected chi connectivity index (χ1v) is 4.30. The van der Waals surface area contributed by atoms with Crippen LogP contribution >= 0.6 is 0 Å². The van der Waals surface area contributed by atoms with Gasteiger partial charge in [0.05, 0.1) is 17.9 Å². The van der Waals surface area contributed by atoms with Crippen LogP contribution in [0.1, 0.15) is 0 Å². The van der Waals surface area contributed by atoms with Gasteiger partial charge >= 0.3 is 0 Å². The molecular weight excluding hydrogens is 162 g/mol. The number of fused-ring (bicyclic) bond motifs is 1. The molecule has 0 aromatic heterocycles. The van der Waals surface area contributed by atoms with E-state index < -0.39 is 0 Å². The molecule has 0 saturated carbocycles. The summed E-state index contributed by atoms with van der Waals surface area (Å²) in [4.78, 5) is 0. The Hall–Kier alpha value is -1.48. The van der Waals surface area contributed by atoms with Crippen LogP contribution in [0.2, 0.25) is 0 Å². The quantitative estimate of drug-likeness (QED) is 0.688. The van der Waals surface area contributed by atoms with Crippen molar-refractivity contribution < 1.29 is 0 Å². The summed E-state index contributed by atoms with van der Waals surface area (Å²) in [5, 5.41) is 4.06. The van der Waals surface area contributed by atoms with Gasteiger partial charge in [-0.3, -0.25) is 10.0 Å². The van der Waals surface area contributed by atoms with Gasteiger partial charge in [-0.1, -0.05) is 18.2 Å². The zero-order chi connectivity index (χ0) is 9.26. The third-order valence-corrected chi connectivity index (χ3v) is 2.12. The molecule has 1 heterocycles. The molecule has 0 atom stereocenters. The summed E-state index contributed by atoms with van der Waals surface area (Å²) in [7, 11) is 2.00. The largest absolute Gasteiger partial charge is 0.292 e. The second-order valence-corrected chi connectivity index (χ2v) is 3.05. The fourth-order valence-electron chi connectivity index (χ4n) is 1.53. The Balaban J connectivity index is 2.35. The van der Waals surface area contributed by atoms with Crippen molar-refractivity contribution in [2.75, 3.05) is 23.6 Å². The Morgan fingerprint density at radius 2 is 2.08 bits per heavy atom. The fraction of sp³-hybridized carbons (Fsp3) is 0.200. The lowest BCUT2D eigenvalue weighted by molar-refractivity contribution is 0.684. The van der Waals surface area contributed by atoms with Crippen molar-refractivity contribution in [3.05, 3.63) is 36.9 Å². The van der Waals surface area contributed by atoms with Crippen LogP contribution in [-0.2, 0) is 0 Å². The molecule has 1 aromatic carbocycles. The number of hydrogen-bond acceptors (Lipinski definition) is 3. The molecule has 0 amide bonds. The van der Waals surface area contributed by atoms with Crippen LogP contribution in [0.3, 0.4) is 0 Å². The molecule has 0 spiro atoms. The molecule has 1 aliphatic rings. The van der Waals surface area contributed by atoms with Crippen molar-refractivity contribution in [3.8, 4) is 0 Å². The van der Waals surface area contributed by atoms with Gasteiger partial charge in [0, 0.05) is 7.05 Å². The van der Waals surface area contributed by atoms with Crippen LogP contribution in [-0.4, -0.2) is 13.6 Å². The molecule has 0 fully saturated rings. The van der Waals surface area contributed by atoms with Crippen molar-refractivity contribution in [3.63, 3.8) is 0 Å². The predicted molar refractivity (Wildman–Crippen MR) is 55.5 cm³/mol. The van der Waals surface area contributed by atoms with Crippen LogP contribution in [0.15, 0.2) is 36.9 Å². The molecule has 3 heteroatoms. The van der Waals surface area contributed by atoms with Gasteiger partial charge < -0.3 is 0 Å². The molecule has 0 aliphatic carbocycles. The highest BCUT2D eigenvalue weighted by Gasteiger charge is 2.20. The van der Waals surface area contributed by atoms with Crippen LogP contribution < -0.4 is 15.6 Å². The number of nitrogens with zero attached hydrogens (tertiary/aromatic N) is 2. The molecule has 0 unspecified atom stereocenters. The smallest absolute Gasteiger partial charge is 0.0789 e. The summed E-state index contributed by atoms with van der Waals surface area (Å²) in [5.41, 5.74) is 5.61. The number of rotatable bonds is 2. The third-order valence-electron chi connectivity index (χ3n) is 2.12. The van der Waals surface area contributed by atoms with E-state index in [-0.39, 0.29) is 0 Å². The Bertz CT molecular complexity index is 322. The van der Waals surface area contributed by atoms with E-state index >= 15 is 0 Å². The lowest BCUT2D eigenvalue weighted by Crippen LogP contribution is -2.42. The lowest BCUT2D eigenvalue weighted by Gasteiger charge is -2.17. The van der Waals surface area contributed by atoms with E-state index in [1.165, 1.54) is 11.4 Å². The van der Waals surface area contributed by atoms with E-state index in [0.29, 0.717) is 0 Å². The summed E-state index contributed by atoms with van der Waals surface area (Å²) in [6.45, 7) is 4.53. The Morgan fingerprint density at radius 1 is 1.38 bits per heavy atom. The highest BCUT2D eigenvalue weighted by molar-refractivity contribution is 5.74. The SMILES string of the molecule is C=CCN1NN(C)c2ccccc21. The van der Waals surface area contributed by atoms with Crippen LogP contribution in [0.5, 0.6) is 0 Å². The zero-order valence-corrected chi connectivity index (χ0v) is 7.70. The van der Waals surface area contributed by atoms with Gasteiger partial charge in [0.2, 0.25) is 0 Å². The standard InChI is InChI=1S/C10H13N3/c1-3-8-13-10-7-5-4-6-9(10)12(2)11-13/h3-7,11H,1,8H2,2H3. The number of anilines is 2. The maximum atomic E-state index is 3.72. The summed E-state index contributed by atoms with van der Waals surface area (Å²) in [6.07, 6.45) is 1.88. The monoisotopic (exact) mass is 175 g/mol. The van der Waals surface area contributed by atoms with Gasteiger partial charge in [0.25, 0.3) is 0 Å². The van der Waals surface area contributed by atoms with Crippen molar-refractivity contribution in [2.24, 2.45) is 0 Å². The minimum atomic E-state index is 0.807. The second-order valence-electron chi connectivity index (χ2n) is 3.05. The first-order valence-electron chi connectivity index (χ1n) is 4.30. The number of hydrazine groups is 2. The van der Waals surface area contributed by atoms with E-state index in [0.717, 1.165) is 6.54 Å². The molecule has 1 aliphatic heterocycles. The molecule has 0 radical (unpaired) electrons. The normalized spacial score (nSPS) is 14.5. The predicted octanol–water partition coefficient (Wildman–Crippen LogP) is 1.55. The van der Waals surface area contributed by atoms with Crippen molar-refractivity contribution in [1.82, 2.24) is 5.53 Å². The topological polar surface area (TPSA) is 18.5 Å². The van der Waals surface area contributed by atoms with Gasteiger partial charge in [0.15, 0.2) is 0 Å². The molecule has 1 N–H and O–H groups in total. The van der Waals surface area contributed by atoms with Crippen LogP contribution in [0, 0.1) is 0 Å². The molecule has 68 valence electrons. The molecule has 1 aromatic rings. The van der Waals surface area contributed by atoms with E-state index in [4.69, 9.17) is 0 Å². The molecule has 0 bridgehead atoms. The first-order chi connectivity index (χ1) is 6.33. The number of para-hydroxylation sites is 2.